The molecule has 0 saturated carbocycles. The van der Waals surface area contributed by atoms with Gasteiger partial charge < -0.3 is 4.74 Å². The lowest BCUT2D eigenvalue weighted by Gasteiger charge is -2.07. The summed E-state index contributed by atoms with van der Waals surface area (Å²) >= 11 is 7.39. The molecule has 2 rings (SSSR count). The summed E-state index contributed by atoms with van der Waals surface area (Å²) < 4.78 is 5.39. The fourth-order valence-corrected chi connectivity index (χ4v) is 1.90. The van der Waals surface area contributed by atoms with Crippen LogP contribution in [0.25, 0.3) is 11.4 Å². The van der Waals surface area contributed by atoms with Crippen LogP contribution in [0.1, 0.15) is 13.8 Å². The molecule has 0 aliphatic rings. The van der Waals surface area contributed by atoms with Crippen molar-refractivity contribution in [1.82, 2.24) is 15.0 Å². The van der Waals surface area contributed by atoms with E-state index >= 15 is 0 Å². The first-order valence-corrected chi connectivity index (χ1v) is 6.08. The van der Waals surface area contributed by atoms with Crippen LogP contribution in [0, 0.1) is 0 Å². The number of nitrogens with zero attached hydrogens (tertiary/aromatic N) is 3. The standard InChI is InChI=1S/C10H10ClN3OS/c1-6(2)15-10-13-8(12-9(11)14-10)7-3-4-16-5-7/h3-6H,1-2H3. The zero-order valence-electron chi connectivity index (χ0n) is 8.85. The topological polar surface area (TPSA) is 47.9 Å². The summed E-state index contributed by atoms with van der Waals surface area (Å²) in [5, 5.41) is 4.05. The molecule has 0 saturated heterocycles. The van der Waals surface area contributed by atoms with Crippen molar-refractivity contribution in [2.75, 3.05) is 0 Å². The Labute approximate surface area is 102 Å². The highest BCUT2D eigenvalue weighted by atomic mass is 35.5. The SMILES string of the molecule is CC(C)Oc1nc(Cl)nc(-c2ccsc2)n1. The summed E-state index contributed by atoms with van der Waals surface area (Å²) in [5.41, 5.74) is 0.919. The van der Waals surface area contributed by atoms with Crippen LogP contribution in [-0.4, -0.2) is 21.1 Å². The normalized spacial score (nSPS) is 10.8. The number of thiophene rings is 1. The van der Waals surface area contributed by atoms with Gasteiger partial charge in [-0.15, -0.1) is 0 Å². The second kappa shape index (κ2) is 4.76. The molecule has 0 aliphatic heterocycles. The van der Waals surface area contributed by atoms with Crippen molar-refractivity contribution in [3.8, 4) is 17.4 Å². The van der Waals surface area contributed by atoms with Gasteiger partial charge in [0.25, 0.3) is 0 Å². The minimum Gasteiger partial charge on any atom is -0.461 e. The van der Waals surface area contributed by atoms with E-state index in [1.54, 1.807) is 11.3 Å². The maximum Gasteiger partial charge on any atom is 0.321 e. The Morgan fingerprint density at radius 3 is 2.75 bits per heavy atom. The van der Waals surface area contributed by atoms with Gasteiger partial charge in [-0.25, -0.2) is 0 Å². The minimum absolute atomic E-state index is 0.00814. The van der Waals surface area contributed by atoms with E-state index in [1.807, 2.05) is 30.7 Å². The summed E-state index contributed by atoms with van der Waals surface area (Å²) in [7, 11) is 0. The second-order valence-electron chi connectivity index (χ2n) is 3.39. The highest BCUT2D eigenvalue weighted by Gasteiger charge is 2.09. The van der Waals surface area contributed by atoms with Crippen LogP contribution < -0.4 is 4.74 Å². The molecule has 16 heavy (non-hydrogen) atoms. The Morgan fingerprint density at radius 1 is 1.31 bits per heavy atom. The summed E-state index contributed by atoms with van der Waals surface area (Å²) in [6.07, 6.45) is 0.00814. The molecule has 4 nitrogen and oxygen atoms in total. The van der Waals surface area contributed by atoms with Crippen LogP contribution in [0.3, 0.4) is 0 Å². The number of hydrogen-bond acceptors (Lipinski definition) is 5. The average Bonchev–Trinajstić information content (AvgIpc) is 2.67. The molecule has 84 valence electrons. The first-order valence-electron chi connectivity index (χ1n) is 4.76. The molecule has 0 aromatic carbocycles. The lowest BCUT2D eigenvalue weighted by atomic mass is 10.3. The van der Waals surface area contributed by atoms with Crippen molar-refractivity contribution < 1.29 is 4.74 Å². The number of aromatic nitrogens is 3. The van der Waals surface area contributed by atoms with Crippen molar-refractivity contribution in [1.29, 1.82) is 0 Å². The lowest BCUT2D eigenvalue weighted by Crippen LogP contribution is -2.09. The fourth-order valence-electron chi connectivity index (χ4n) is 1.12. The van der Waals surface area contributed by atoms with Gasteiger partial charge in [-0.05, 0) is 36.9 Å². The largest absolute Gasteiger partial charge is 0.461 e. The summed E-state index contributed by atoms with van der Waals surface area (Å²) in [6, 6.07) is 2.19. The van der Waals surface area contributed by atoms with Crippen molar-refractivity contribution in [3.05, 3.63) is 22.1 Å². The van der Waals surface area contributed by atoms with Gasteiger partial charge in [0, 0.05) is 10.9 Å². The Bertz CT molecular complexity index is 473. The van der Waals surface area contributed by atoms with Gasteiger partial charge >= 0.3 is 6.01 Å². The van der Waals surface area contributed by atoms with Gasteiger partial charge in [0.1, 0.15) is 0 Å². The zero-order valence-corrected chi connectivity index (χ0v) is 10.4. The van der Waals surface area contributed by atoms with Crippen LogP contribution in [0.15, 0.2) is 16.8 Å². The molecular weight excluding hydrogens is 246 g/mol. The third kappa shape index (κ3) is 2.68. The smallest absolute Gasteiger partial charge is 0.321 e. The lowest BCUT2D eigenvalue weighted by molar-refractivity contribution is 0.222. The van der Waals surface area contributed by atoms with E-state index in [9.17, 15) is 0 Å². The van der Waals surface area contributed by atoms with Crippen LogP contribution in [0.4, 0.5) is 0 Å². The maximum atomic E-state index is 5.81. The van der Waals surface area contributed by atoms with Crippen molar-refractivity contribution in [3.63, 3.8) is 0 Å². The Balaban J connectivity index is 2.36. The van der Waals surface area contributed by atoms with Crippen LogP contribution in [0.5, 0.6) is 6.01 Å². The van der Waals surface area contributed by atoms with E-state index in [-0.39, 0.29) is 17.4 Å². The van der Waals surface area contributed by atoms with Crippen molar-refractivity contribution in [2.45, 2.75) is 20.0 Å². The van der Waals surface area contributed by atoms with Gasteiger partial charge in [-0.3, -0.25) is 0 Å². The molecular formula is C10H10ClN3OS. The molecule has 0 unspecified atom stereocenters. The molecule has 0 aliphatic carbocycles. The predicted molar refractivity (Wildman–Crippen MR) is 63.9 cm³/mol. The molecule has 2 aromatic rings. The third-order valence-corrected chi connectivity index (χ3v) is 2.56. The highest BCUT2D eigenvalue weighted by molar-refractivity contribution is 7.08. The quantitative estimate of drug-likeness (QED) is 0.846. The molecule has 2 aromatic heterocycles. The number of rotatable bonds is 3. The number of halogens is 1. The Kier molecular flexibility index (Phi) is 3.36. The molecule has 0 N–H and O–H groups in total. The van der Waals surface area contributed by atoms with E-state index in [0.717, 1.165) is 5.56 Å². The number of ether oxygens (including phenoxy) is 1. The predicted octanol–water partition coefficient (Wildman–Crippen LogP) is 3.04. The molecule has 0 amide bonds. The molecule has 0 radical (unpaired) electrons. The van der Waals surface area contributed by atoms with Gasteiger partial charge in [0.2, 0.25) is 5.28 Å². The zero-order chi connectivity index (χ0) is 11.5. The summed E-state index contributed by atoms with van der Waals surface area (Å²) in [5.74, 6) is 0.539. The van der Waals surface area contributed by atoms with E-state index in [4.69, 9.17) is 16.3 Å². The van der Waals surface area contributed by atoms with Gasteiger partial charge in [0.15, 0.2) is 5.82 Å². The molecule has 6 heteroatoms. The van der Waals surface area contributed by atoms with E-state index < -0.39 is 0 Å². The first kappa shape index (κ1) is 11.3. The van der Waals surface area contributed by atoms with E-state index in [0.29, 0.717) is 5.82 Å². The molecule has 0 bridgehead atoms. The Morgan fingerprint density at radius 2 is 2.12 bits per heavy atom. The molecule has 0 fully saturated rings. The van der Waals surface area contributed by atoms with Crippen LogP contribution in [-0.2, 0) is 0 Å². The second-order valence-corrected chi connectivity index (χ2v) is 4.51. The highest BCUT2D eigenvalue weighted by Crippen LogP contribution is 2.21. The number of hydrogen-bond donors (Lipinski definition) is 0. The third-order valence-electron chi connectivity index (χ3n) is 1.71. The van der Waals surface area contributed by atoms with Crippen LogP contribution in [0.2, 0.25) is 5.28 Å². The molecule has 0 spiro atoms. The maximum absolute atomic E-state index is 5.81. The van der Waals surface area contributed by atoms with Crippen molar-refractivity contribution in [2.24, 2.45) is 0 Å². The Hall–Kier alpha value is -1.20. The van der Waals surface area contributed by atoms with E-state index in [1.165, 1.54) is 0 Å². The average molecular weight is 256 g/mol. The van der Waals surface area contributed by atoms with Gasteiger partial charge in [-0.1, -0.05) is 0 Å². The van der Waals surface area contributed by atoms with Crippen molar-refractivity contribution >= 4 is 22.9 Å². The fraction of sp³-hybridized carbons (Fsp3) is 0.300. The minimum atomic E-state index is 0.00814. The summed E-state index contributed by atoms with van der Waals surface area (Å²) in [4.78, 5) is 12.2. The first-order chi connectivity index (χ1) is 7.65. The van der Waals surface area contributed by atoms with Gasteiger partial charge in [-0.2, -0.15) is 26.3 Å². The van der Waals surface area contributed by atoms with E-state index in [2.05, 4.69) is 15.0 Å². The molecule has 0 atom stereocenters. The van der Waals surface area contributed by atoms with Crippen LogP contribution >= 0.6 is 22.9 Å². The molecule has 2 heterocycles. The monoisotopic (exact) mass is 255 g/mol. The summed E-state index contributed by atoms with van der Waals surface area (Å²) in [6.45, 7) is 3.81. The van der Waals surface area contributed by atoms with Gasteiger partial charge in [0.05, 0.1) is 6.10 Å².